The molecule has 34 heavy (non-hydrogen) atoms. The Labute approximate surface area is 202 Å². The van der Waals surface area contributed by atoms with E-state index in [-0.39, 0.29) is 23.4 Å². The summed E-state index contributed by atoms with van der Waals surface area (Å²) in [5.74, 6) is -2.39. The Morgan fingerprint density at radius 3 is 2.44 bits per heavy atom. The Balaban J connectivity index is 1.34. The molecule has 6 nitrogen and oxygen atoms in total. The van der Waals surface area contributed by atoms with Gasteiger partial charge in [0.05, 0.1) is 24.8 Å². The van der Waals surface area contributed by atoms with Gasteiger partial charge < -0.3 is 15.0 Å². The molecule has 0 spiro atoms. The molecule has 2 amide bonds. The van der Waals surface area contributed by atoms with Crippen LogP contribution in [0.4, 0.5) is 8.78 Å². The summed E-state index contributed by atoms with van der Waals surface area (Å²) in [6, 6.07) is 10.5. The van der Waals surface area contributed by atoms with E-state index in [4.69, 9.17) is 16.3 Å². The predicted molar refractivity (Wildman–Crippen MR) is 125 cm³/mol. The molecule has 2 heterocycles. The number of piperidine rings is 1. The van der Waals surface area contributed by atoms with Crippen LogP contribution in [0.3, 0.4) is 0 Å². The van der Waals surface area contributed by atoms with Gasteiger partial charge in [-0.05, 0) is 36.6 Å². The first kappa shape index (κ1) is 24.6. The van der Waals surface area contributed by atoms with Gasteiger partial charge in [-0.1, -0.05) is 29.8 Å². The number of rotatable bonds is 6. The summed E-state index contributed by atoms with van der Waals surface area (Å²) in [4.78, 5) is 29.4. The van der Waals surface area contributed by atoms with Crippen molar-refractivity contribution in [1.29, 1.82) is 0 Å². The fourth-order valence-electron chi connectivity index (χ4n) is 4.59. The molecule has 0 aromatic heterocycles. The van der Waals surface area contributed by atoms with Crippen LogP contribution in [-0.4, -0.2) is 67.6 Å². The normalized spacial score (nSPS) is 18.5. The zero-order valence-electron chi connectivity index (χ0n) is 18.8. The van der Waals surface area contributed by atoms with Gasteiger partial charge >= 0.3 is 0 Å². The van der Waals surface area contributed by atoms with Crippen LogP contribution in [0.5, 0.6) is 0 Å². The van der Waals surface area contributed by atoms with E-state index in [1.807, 2.05) is 24.3 Å². The minimum Gasteiger partial charge on any atom is -0.379 e. The molecule has 0 aliphatic carbocycles. The van der Waals surface area contributed by atoms with E-state index in [9.17, 15) is 18.4 Å². The Hall–Kier alpha value is -2.55. The van der Waals surface area contributed by atoms with Crippen LogP contribution < -0.4 is 5.32 Å². The maximum absolute atomic E-state index is 14.0. The average Bonchev–Trinajstić information content (AvgIpc) is 2.85. The number of nitrogens with zero attached hydrogens (tertiary/aromatic N) is 2. The fourth-order valence-corrected chi connectivity index (χ4v) is 4.85. The second-order valence-electron chi connectivity index (χ2n) is 8.62. The number of benzene rings is 2. The quantitative estimate of drug-likeness (QED) is 0.670. The molecule has 2 aromatic rings. The third kappa shape index (κ3) is 5.74. The third-order valence-electron chi connectivity index (χ3n) is 6.53. The maximum Gasteiger partial charge on any atom is 0.256 e. The fraction of sp³-hybridized carbons (Fsp3) is 0.440. The van der Waals surface area contributed by atoms with E-state index in [1.54, 1.807) is 0 Å². The highest BCUT2D eigenvalue weighted by molar-refractivity contribution is 6.31. The summed E-state index contributed by atoms with van der Waals surface area (Å²) in [5, 5.41) is 3.74. The van der Waals surface area contributed by atoms with E-state index in [0.717, 1.165) is 30.8 Å². The van der Waals surface area contributed by atoms with E-state index >= 15 is 0 Å². The number of morpholine rings is 1. The van der Waals surface area contributed by atoms with E-state index < -0.39 is 17.5 Å². The summed E-state index contributed by atoms with van der Waals surface area (Å²) in [5.41, 5.74) is 0.811. The van der Waals surface area contributed by atoms with Crippen molar-refractivity contribution in [2.75, 3.05) is 45.9 Å². The number of amides is 2. The van der Waals surface area contributed by atoms with Gasteiger partial charge in [-0.3, -0.25) is 14.5 Å². The first-order valence-corrected chi connectivity index (χ1v) is 11.9. The molecule has 2 fully saturated rings. The van der Waals surface area contributed by atoms with Gasteiger partial charge in [-0.15, -0.1) is 0 Å². The van der Waals surface area contributed by atoms with Crippen LogP contribution in [0.2, 0.25) is 5.02 Å². The summed E-state index contributed by atoms with van der Waals surface area (Å²) in [6.07, 6.45) is 0.962. The number of hydrogen-bond donors (Lipinski definition) is 1. The molecule has 1 N–H and O–H groups in total. The van der Waals surface area contributed by atoms with Crippen molar-refractivity contribution in [1.82, 2.24) is 15.1 Å². The predicted octanol–water partition coefficient (Wildman–Crippen LogP) is 3.66. The molecular formula is C25H28ClF2N3O3. The summed E-state index contributed by atoms with van der Waals surface area (Å²) < 4.78 is 32.6. The van der Waals surface area contributed by atoms with E-state index in [2.05, 4.69) is 10.2 Å². The van der Waals surface area contributed by atoms with Crippen molar-refractivity contribution < 1.29 is 23.1 Å². The largest absolute Gasteiger partial charge is 0.379 e. The van der Waals surface area contributed by atoms with Crippen molar-refractivity contribution >= 4 is 23.4 Å². The number of halogens is 3. The maximum atomic E-state index is 14.0. The lowest BCUT2D eigenvalue weighted by Crippen LogP contribution is -2.47. The molecule has 2 aromatic carbocycles. The molecule has 1 atom stereocenters. The summed E-state index contributed by atoms with van der Waals surface area (Å²) >= 11 is 6.46. The molecule has 2 aliphatic rings. The monoisotopic (exact) mass is 491 g/mol. The van der Waals surface area contributed by atoms with Crippen molar-refractivity contribution in [3.8, 4) is 0 Å². The first-order valence-electron chi connectivity index (χ1n) is 11.5. The topological polar surface area (TPSA) is 61.9 Å². The Morgan fingerprint density at radius 1 is 1.06 bits per heavy atom. The Bertz CT molecular complexity index is 1020. The van der Waals surface area contributed by atoms with Crippen LogP contribution in [0.1, 0.15) is 34.8 Å². The molecule has 0 radical (unpaired) electrons. The van der Waals surface area contributed by atoms with Crippen LogP contribution in [-0.2, 0) is 9.53 Å². The van der Waals surface area contributed by atoms with Gasteiger partial charge in [0.25, 0.3) is 5.91 Å². The second kappa shape index (κ2) is 11.3. The number of likely N-dealkylation sites (tertiary alicyclic amines) is 1. The lowest BCUT2D eigenvalue weighted by atomic mass is 9.95. The van der Waals surface area contributed by atoms with Crippen LogP contribution in [0, 0.1) is 17.6 Å². The molecule has 0 saturated carbocycles. The Morgan fingerprint density at radius 2 is 1.76 bits per heavy atom. The van der Waals surface area contributed by atoms with Gasteiger partial charge in [0.15, 0.2) is 0 Å². The van der Waals surface area contributed by atoms with Gasteiger partial charge in [0, 0.05) is 49.7 Å². The number of carbonyl (C=O) groups is 2. The van der Waals surface area contributed by atoms with Crippen molar-refractivity contribution in [2.45, 2.75) is 18.9 Å². The number of nitrogens with one attached hydrogen (secondary N) is 1. The van der Waals surface area contributed by atoms with Crippen LogP contribution >= 0.6 is 11.6 Å². The lowest BCUT2D eigenvalue weighted by molar-refractivity contribution is -0.126. The number of ether oxygens (including phenoxy) is 1. The van der Waals surface area contributed by atoms with Crippen molar-refractivity contribution in [3.63, 3.8) is 0 Å². The highest BCUT2D eigenvalue weighted by atomic mass is 35.5. The van der Waals surface area contributed by atoms with Crippen LogP contribution in [0.15, 0.2) is 42.5 Å². The zero-order chi connectivity index (χ0) is 24.1. The van der Waals surface area contributed by atoms with E-state index in [1.165, 1.54) is 4.90 Å². The SMILES string of the molecule is O=C(NCC(c1ccccc1Cl)N1CCOCC1)C1CCN(C(=O)c2ccc(F)cc2F)CC1. The van der Waals surface area contributed by atoms with Crippen LogP contribution in [0.25, 0.3) is 0 Å². The molecule has 0 bridgehead atoms. The average molecular weight is 492 g/mol. The van der Waals surface area contributed by atoms with Crippen molar-refractivity contribution in [2.24, 2.45) is 5.92 Å². The Kier molecular flexibility index (Phi) is 8.13. The smallest absolute Gasteiger partial charge is 0.256 e. The molecule has 2 aliphatic heterocycles. The molecule has 182 valence electrons. The lowest BCUT2D eigenvalue weighted by Gasteiger charge is -2.36. The second-order valence-corrected chi connectivity index (χ2v) is 9.03. The molecule has 2 saturated heterocycles. The standard InChI is InChI=1S/C25H28ClF2N3O3/c26-21-4-2-1-3-19(21)23(30-11-13-34-14-12-30)16-29-24(32)17-7-9-31(10-8-17)25(33)20-6-5-18(27)15-22(20)28/h1-6,15,17,23H,7-14,16H2,(H,29,32). The molecule has 9 heteroatoms. The molecular weight excluding hydrogens is 464 g/mol. The minimum atomic E-state index is -0.876. The van der Waals surface area contributed by atoms with Gasteiger partial charge in [-0.25, -0.2) is 8.78 Å². The van der Waals surface area contributed by atoms with Crippen molar-refractivity contribution in [3.05, 3.63) is 70.2 Å². The van der Waals surface area contributed by atoms with Gasteiger partial charge in [0.1, 0.15) is 11.6 Å². The first-order chi connectivity index (χ1) is 16.4. The van der Waals surface area contributed by atoms with Gasteiger partial charge in [0.2, 0.25) is 5.91 Å². The number of carbonyl (C=O) groups excluding carboxylic acids is 2. The highest BCUT2D eigenvalue weighted by Gasteiger charge is 2.30. The van der Waals surface area contributed by atoms with Gasteiger partial charge in [-0.2, -0.15) is 0 Å². The molecule has 1 unspecified atom stereocenters. The summed E-state index contributed by atoms with van der Waals surface area (Å²) in [6.45, 7) is 3.88. The number of hydrogen-bond acceptors (Lipinski definition) is 4. The summed E-state index contributed by atoms with van der Waals surface area (Å²) in [7, 11) is 0. The zero-order valence-corrected chi connectivity index (χ0v) is 19.6. The minimum absolute atomic E-state index is 0.0645. The third-order valence-corrected chi connectivity index (χ3v) is 6.88. The highest BCUT2D eigenvalue weighted by Crippen LogP contribution is 2.28. The molecule has 4 rings (SSSR count). The van der Waals surface area contributed by atoms with E-state index in [0.29, 0.717) is 56.8 Å².